The molecule has 0 unspecified atom stereocenters. The molecular weight excluding hydrogens is 461 g/mol. The smallest absolute Gasteiger partial charge is 0.410 e. The third-order valence-electron chi connectivity index (χ3n) is 4.84. The van der Waals surface area contributed by atoms with Crippen molar-refractivity contribution in [3.05, 3.63) is 66.0 Å². The third kappa shape index (κ3) is 4.85. The second-order valence-corrected chi connectivity index (χ2v) is 9.80. The van der Waals surface area contributed by atoms with Gasteiger partial charge in [-0.05, 0) is 45.0 Å². The van der Waals surface area contributed by atoms with Crippen LogP contribution < -0.4 is 0 Å². The van der Waals surface area contributed by atoms with Crippen LogP contribution in [-0.4, -0.2) is 45.9 Å². The average molecular weight is 482 g/mol. The summed E-state index contributed by atoms with van der Waals surface area (Å²) in [7, 11) is -3.17. The van der Waals surface area contributed by atoms with Crippen LogP contribution in [0.4, 0.5) is 18.0 Å². The van der Waals surface area contributed by atoms with E-state index in [2.05, 4.69) is 9.97 Å². The van der Waals surface area contributed by atoms with E-state index in [4.69, 9.17) is 4.74 Å². The maximum Gasteiger partial charge on any atom is 0.410 e. The van der Waals surface area contributed by atoms with E-state index in [0.717, 1.165) is 36.7 Å². The maximum atomic E-state index is 15.4. The number of carbonyl (C=O) groups excluding carboxylic acids is 1. The van der Waals surface area contributed by atoms with Crippen LogP contribution >= 0.6 is 0 Å². The average Bonchev–Trinajstić information content (AvgIpc) is 3.08. The highest BCUT2D eigenvalue weighted by Gasteiger charge is 2.30. The minimum atomic E-state index is -4.66. The van der Waals surface area contributed by atoms with E-state index in [0.29, 0.717) is 3.97 Å². The van der Waals surface area contributed by atoms with E-state index in [1.165, 1.54) is 18.0 Å². The molecule has 0 aliphatic rings. The van der Waals surface area contributed by atoms with Gasteiger partial charge in [0.25, 0.3) is 10.0 Å². The SMILES string of the molecule is CN(C(=O)OCc1cn(S(=O)(=O)c2cccc(F)n2)c(-c2cccnc2F)c1F)C(C)(C)C. The summed E-state index contributed by atoms with van der Waals surface area (Å²) in [5.41, 5.74) is -2.08. The molecule has 0 radical (unpaired) electrons. The summed E-state index contributed by atoms with van der Waals surface area (Å²) < 4.78 is 75.2. The molecule has 3 rings (SSSR count). The lowest BCUT2D eigenvalue weighted by Gasteiger charge is -2.30. The van der Waals surface area contributed by atoms with Crippen molar-refractivity contribution in [2.24, 2.45) is 0 Å². The highest BCUT2D eigenvalue weighted by atomic mass is 32.2. The van der Waals surface area contributed by atoms with Crippen molar-refractivity contribution in [2.75, 3.05) is 7.05 Å². The van der Waals surface area contributed by atoms with E-state index < -0.39 is 62.3 Å². The minimum Gasteiger partial charge on any atom is -0.444 e. The zero-order chi connectivity index (χ0) is 24.6. The van der Waals surface area contributed by atoms with E-state index in [-0.39, 0.29) is 5.56 Å². The Bertz CT molecular complexity index is 1300. The van der Waals surface area contributed by atoms with Gasteiger partial charge in [-0.15, -0.1) is 0 Å². The first kappa shape index (κ1) is 24.2. The summed E-state index contributed by atoms with van der Waals surface area (Å²) in [5.74, 6) is -3.35. The molecule has 3 aromatic rings. The Hall–Kier alpha value is -3.41. The van der Waals surface area contributed by atoms with Crippen molar-refractivity contribution in [3.8, 4) is 11.3 Å². The quantitative estimate of drug-likeness (QED) is 0.511. The van der Waals surface area contributed by atoms with Crippen molar-refractivity contribution >= 4 is 16.1 Å². The molecule has 1 amide bonds. The monoisotopic (exact) mass is 482 g/mol. The van der Waals surface area contributed by atoms with Crippen molar-refractivity contribution < 1.29 is 31.1 Å². The molecule has 0 aliphatic heterocycles. The molecule has 12 heteroatoms. The van der Waals surface area contributed by atoms with Gasteiger partial charge in [0.15, 0.2) is 10.8 Å². The summed E-state index contributed by atoms with van der Waals surface area (Å²) >= 11 is 0. The predicted octanol–water partition coefficient (Wildman–Crippen LogP) is 3.97. The predicted molar refractivity (Wildman–Crippen MR) is 112 cm³/mol. The molecule has 33 heavy (non-hydrogen) atoms. The first-order valence-electron chi connectivity index (χ1n) is 9.63. The van der Waals surface area contributed by atoms with Gasteiger partial charge in [-0.2, -0.15) is 17.2 Å². The Balaban J connectivity index is 2.11. The molecule has 0 N–H and O–H groups in total. The first-order valence-corrected chi connectivity index (χ1v) is 11.1. The second kappa shape index (κ2) is 8.85. The molecule has 8 nitrogen and oxygen atoms in total. The number of ether oxygens (including phenoxy) is 1. The van der Waals surface area contributed by atoms with Crippen LogP contribution in [0, 0.1) is 17.7 Å². The minimum absolute atomic E-state index is 0.344. The molecule has 176 valence electrons. The summed E-state index contributed by atoms with van der Waals surface area (Å²) in [6.07, 6.45) is 1.17. The number of aromatic nitrogens is 3. The lowest BCUT2D eigenvalue weighted by atomic mass is 10.1. The van der Waals surface area contributed by atoms with Gasteiger partial charge < -0.3 is 9.64 Å². The molecule has 0 saturated heterocycles. The van der Waals surface area contributed by atoms with Crippen molar-refractivity contribution in [1.82, 2.24) is 18.8 Å². The Morgan fingerprint density at radius 1 is 1.15 bits per heavy atom. The fourth-order valence-corrected chi connectivity index (χ4v) is 4.09. The van der Waals surface area contributed by atoms with Gasteiger partial charge in [0, 0.05) is 30.5 Å². The van der Waals surface area contributed by atoms with Crippen LogP contribution in [0.2, 0.25) is 0 Å². The van der Waals surface area contributed by atoms with Gasteiger partial charge in [0.2, 0.25) is 11.9 Å². The van der Waals surface area contributed by atoms with Crippen LogP contribution in [0.3, 0.4) is 0 Å². The highest BCUT2D eigenvalue weighted by Crippen LogP contribution is 2.32. The standard InChI is InChI=1S/C21H21F3N4O4S/c1-21(2,3)27(4)20(29)32-12-13-11-28(33(30,31)16-9-5-8-15(22)26-16)18(17(13)23)14-7-6-10-25-19(14)24/h5-11H,12H2,1-4H3. The Morgan fingerprint density at radius 2 is 1.85 bits per heavy atom. The normalized spacial score (nSPS) is 12.0. The number of rotatable bonds is 5. The first-order chi connectivity index (χ1) is 15.3. The van der Waals surface area contributed by atoms with Gasteiger partial charge in [0.05, 0.1) is 5.56 Å². The Kier molecular flexibility index (Phi) is 6.50. The number of hydrogen-bond donors (Lipinski definition) is 0. The molecule has 0 bridgehead atoms. The molecule has 0 aromatic carbocycles. The fourth-order valence-electron chi connectivity index (χ4n) is 2.75. The van der Waals surface area contributed by atoms with Crippen LogP contribution in [0.5, 0.6) is 0 Å². The zero-order valence-corrected chi connectivity index (χ0v) is 19.0. The maximum absolute atomic E-state index is 15.4. The third-order valence-corrected chi connectivity index (χ3v) is 6.40. The molecule has 0 saturated carbocycles. The number of amides is 1. The fraction of sp³-hybridized carbons (Fsp3) is 0.286. The largest absolute Gasteiger partial charge is 0.444 e. The van der Waals surface area contributed by atoms with Gasteiger partial charge in [-0.25, -0.2) is 23.1 Å². The van der Waals surface area contributed by atoms with Crippen LogP contribution in [-0.2, 0) is 21.4 Å². The summed E-state index contributed by atoms with van der Waals surface area (Å²) in [6, 6.07) is 5.49. The summed E-state index contributed by atoms with van der Waals surface area (Å²) in [4.78, 5) is 20.3. The Morgan fingerprint density at radius 3 is 2.45 bits per heavy atom. The van der Waals surface area contributed by atoms with Crippen LogP contribution in [0.25, 0.3) is 11.3 Å². The molecule has 0 fully saturated rings. The molecule has 0 atom stereocenters. The lowest BCUT2D eigenvalue weighted by Crippen LogP contribution is -2.42. The number of pyridine rings is 2. The number of carbonyl (C=O) groups is 1. The van der Waals surface area contributed by atoms with Gasteiger partial charge >= 0.3 is 6.09 Å². The second-order valence-electron chi connectivity index (χ2n) is 8.04. The summed E-state index contributed by atoms with van der Waals surface area (Å²) in [5, 5.41) is -0.723. The lowest BCUT2D eigenvalue weighted by molar-refractivity contribution is 0.0753. The van der Waals surface area contributed by atoms with E-state index in [9.17, 15) is 22.0 Å². The summed E-state index contributed by atoms with van der Waals surface area (Å²) in [6.45, 7) is 4.63. The molecule has 0 spiro atoms. The van der Waals surface area contributed by atoms with Crippen molar-refractivity contribution in [3.63, 3.8) is 0 Å². The van der Waals surface area contributed by atoms with Crippen molar-refractivity contribution in [1.29, 1.82) is 0 Å². The Labute approximate surface area is 188 Å². The zero-order valence-electron chi connectivity index (χ0n) is 18.2. The number of halogens is 3. The van der Waals surface area contributed by atoms with E-state index in [1.807, 2.05) is 0 Å². The topological polar surface area (TPSA) is 94.4 Å². The van der Waals surface area contributed by atoms with E-state index in [1.54, 1.807) is 20.8 Å². The number of nitrogens with zero attached hydrogens (tertiary/aromatic N) is 4. The molecule has 3 aromatic heterocycles. The van der Waals surface area contributed by atoms with E-state index >= 15 is 4.39 Å². The van der Waals surface area contributed by atoms with Crippen LogP contribution in [0.1, 0.15) is 26.3 Å². The molecule has 0 aliphatic carbocycles. The number of hydrogen-bond acceptors (Lipinski definition) is 6. The van der Waals surface area contributed by atoms with Gasteiger partial charge in [-0.1, -0.05) is 6.07 Å². The molecule has 3 heterocycles. The highest BCUT2D eigenvalue weighted by molar-refractivity contribution is 7.90. The van der Waals surface area contributed by atoms with Crippen molar-refractivity contribution in [2.45, 2.75) is 37.9 Å². The van der Waals surface area contributed by atoms with Gasteiger partial charge in [-0.3, -0.25) is 0 Å². The van der Waals surface area contributed by atoms with Crippen LogP contribution in [0.15, 0.2) is 47.8 Å². The molecular formula is C21H21F3N4O4S. The van der Waals surface area contributed by atoms with Gasteiger partial charge in [0.1, 0.15) is 12.3 Å².